The summed E-state index contributed by atoms with van der Waals surface area (Å²) in [6, 6.07) is 0.720. The van der Waals surface area contributed by atoms with Gasteiger partial charge in [-0.3, -0.25) is 0 Å². The molecule has 1 aliphatic carbocycles. The summed E-state index contributed by atoms with van der Waals surface area (Å²) in [6.45, 7) is 11.1. The summed E-state index contributed by atoms with van der Waals surface area (Å²) in [7, 11) is 2.22. The first-order chi connectivity index (χ1) is 10.0. The highest BCUT2D eigenvalue weighted by molar-refractivity contribution is 7.15. The van der Waals surface area contributed by atoms with E-state index < -0.39 is 0 Å². The van der Waals surface area contributed by atoms with E-state index in [2.05, 4.69) is 45.0 Å². The van der Waals surface area contributed by atoms with Gasteiger partial charge < -0.3 is 10.2 Å². The van der Waals surface area contributed by atoms with Gasteiger partial charge in [-0.25, -0.2) is 4.98 Å². The van der Waals surface area contributed by atoms with Gasteiger partial charge in [0.15, 0.2) is 5.13 Å². The second-order valence-corrected chi connectivity index (χ2v) is 7.90. The maximum atomic E-state index is 4.99. The van der Waals surface area contributed by atoms with E-state index in [1.165, 1.54) is 35.0 Å². The molecule has 1 atom stereocenters. The maximum Gasteiger partial charge on any atom is 0.185 e. The Hall–Kier alpha value is -0.610. The Morgan fingerprint density at radius 3 is 2.57 bits per heavy atom. The zero-order valence-electron chi connectivity index (χ0n) is 14.3. The van der Waals surface area contributed by atoms with Crippen LogP contribution in [0.1, 0.15) is 69.9 Å². The molecule has 0 radical (unpaired) electrons. The number of anilines is 1. The van der Waals surface area contributed by atoms with Crippen molar-refractivity contribution in [2.75, 3.05) is 18.5 Å². The van der Waals surface area contributed by atoms with Gasteiger partial charge in [0, 0.05) is 24.5 Å². The van der Waals surface area contributed by atoms with Crippen molar-refractivity contribution in [3.63, 3.8) is 0 Å². The predicted molar refractivity (Wildman–Crippen MR) is 93.4 cm³/mol. The van der Waals surface area contributed by atoms with Crippen LogP contribution in [0.3, 0.4) is 0 Å². The molecule has 0 spiro atoms. The average molecular weight is 310 g/mol. The molecular weight excluding hydrogens is 278 g/mol. The smallest absolute Gasteiger partial charge is 0.185 e. The molecule has 3 nitrogen and oxygen atoms in total. The highest BCUT2D eigenvalue weighted by atomic mass is 32.1. The molecule has 1 aliphatic rings. The average Bonchev–Trinajstić information content (AvgIpc) is 2.79. The zero-order valence-corrected chi connectivity index (χ0v) is 15.1. The Labute approximate surface area is 134 Å². The number of nitrogens with one attached hydrogen (secondary N) is 1. The van der Waals surface area contributed by atoms with Crippen molar-refractivity contribution < 1.29 is 0 Å². The number of nitrogens with zero attached hydrogens (tertiary/aromatic N) is 2. The third-order valence-corrected chi connectivity index (χ3v) is 5.72. The lowest BCUT2D eigenvalue weighted by molar-refractivity contribution is 0.400. The minimum Gasteiger partial charge on any atom is -0.348 e. The molecule has 4 heteroatoms. The molecule has 0 aliphatic heterocycles. The third kappa shape index (κ3) is 4.19. The summed E-state index contributed by atoms with van der Waals surface area (Å²) in [5.74, 6) is 1.25. The van der Waals surface area contributed by atoms with Gasteiger partial charge in [0.05, 0.1) is 5.69 Å². The summed E-state index contributed by atoms with van der Waals surface area (Å²) in [5.41, 5.74) is 1.32. The van der Waals surface area contributed by atoms with E-state index in [0.717, 1.165) is 25.6 Å². The fourth-order valence-corrected chi connectivity index (χ4v) is 3.79. The molecule has 0 aromatic carbocycles. The van der Waals surface area contributed by atoms with Gasteiger partial charge in [-0.1, -0.05) is 27.7 Å². The monoisotopic (exact) mass is 309 g/mol. The lowest BCUT2D eigenvalue weighted by Gasteiger charge is -2.34. The van der Waals surface area contributed by atoms with Crippen molar-refractivity contribution in [2.45, 2.75) is 71.9 Å². The number of thiazole rings is 1. The van der Waals surface area contributed by atoms with Crippen LogP contribution in [-0.2, 0) is 6.54 Å². The van der Waals surface area contributed by atoms with Crippen molar-refractivity contribution in [1.82, 2.24) is 10.3 Å². The molecule has 2 rings (SSSR count). The van der Waals surface area contributed by atoms with Gasteiger partial charge in [0.1, 0.15) is 0 Å². The molecule has 1 aromatic heterocycles. The van der Waals surface area contributed by atoms with Gasteiger partial charge in [-0.15, -0.1) is 11.3 Å². The minimum absolute atomic E-state index is 0.556. The Balaban J connectivity index is 2.10. The van der Waals surface area contributed by atoms with Crippen LogP contribution >= 0.6 is 11.3 Å². The van der Waals surface area contributed by atoms with Crippen LogP contribution in [0.5, 0.6) is 0 Å². The fraction of sp³-hybridized carbons (Fsp3) is 0.824. The first kappa shape index (κ1) is 16.8. The molecule has 21 heavy (non-hydrogen) atoms. The van der Waals surface area contributed by atoms with E-state index in [1.807, 2.05) is 11.3 Å². The molecule has 1 heterocycles. The molecule has 120 valence electrons. The standard InChI is InChI=1S/C17H31N3S/c1-6-13(4)16-15(11-18-10-12(2)3)21-17(19-16)20(5)14-8-7-9-14/h12-14,18H,6-11H2,1-5H3. The number of aromatic nitrogens is 1. The molecular formula is C17H31N3S. The second kappa shape index (κ2) is 7.59. The van der Waals surface area contributed by atoms with Gasteiger partial charge in [0.2, 0.25) is 0 Å². The van der Waals surface area contributed by atoms with Crippen LogP contribution in [-0.4, -0.2) is 24.6 Å². The third-order valence-electron chi connectivity index (χ3n) is 4.56. The number of hydrogen-bond acceptors (Lipinski definition) is 4. The van der Waals surface area contributed by atoms with Crippen molar-refractivity contribution in [3.05, 3.63) is 10.6 Å². The molecule has 1 saturated carbocycles. The van der Waals surface area contributed by atoms with E-state index in [-0.39, 0.29) is 0 Å². The normalized spacial score (nSPS) is 17.0. The van der Waals surface area contributed by atoms with Crippen LogP contribution < -0.4 is 10.2 Å². The highest BCUT2D eigenvalue weighted by Crippen LogP contribution is 2.35. The maximum absolute atomic E-state index is 4.99. The van der Waals surface area contributed by atoms with Crippen LogP contribution in [0.2, 0.25) is 0 Å². The summed E-state index contributed by atoms with van der Waals surface area (Å²) in [6.07, 6.45) is 5.19. The predicted octanol–water partition coefficient (Wildman–Crippen LogP) is 4.39. The second-order valence-electron chi connectivity index (χ2n) is 6.83. The Bertz CT molecular complexity index is 437. The van der Waals surface area contributed by atoms with E-state index in [9.17, 15) is 0 Å². The first-order valence-electron chi connectivity index (χ1n) is 8.46. The van der Waals surface area contributed by atoms with Gasteiger partial charge in [-0.2, -0.15) is 0 Å². The summed E-state index contributed by atoms with van der Waals surface area (Å²) < 4.78 is 0. The van der Waals surface area contributed by atoms with Crippen LogP contribution in [0.15, 0.2) is 0 Å². The van der Waals surface area contributed by atoms with Gasteiger partial charge in [-0.05, 0) is 44.1 Å². The topological polar surface area (TPSA) is 28.2 Å². The molecule has 1 fully saturated rings. The fourth-order valence-electron chi connectivity index (χ4n) is 2.61. The summed E-state index contributed by atoms with van der Waals surface area (Å²) in [5, 5.41) is 4.80. The van der Waals surface area contributed by atoms with Crippen LogP contribution in [0, 0.1) is 5.92 Å². The molecule has 0 saturated heterocycles. The summed E-state index contributed by atoms with van der Waals surface area (Å²) in [4.78, 5) is 8.83. The van der Waals surface area contributed by atoms with E-state index in [4.69, 9.17) is 4.98 Å². The minimum atomic E-state index is 0.556. The molecule has 1 unspecified atom stereocenters. The highest BCUT2D eigenvalue weighted by Gasteiger charge is 2.26. The molecule has 0 bridgehead atoms. The molecule has 0 amide bonds. The van der Waals surface area contributed by atoms with Crippen molar-refractivity contribution in [1.29, 1.82) is 0 Å². The van der Waals surface area contributed by atoms with Gasteiger partial charge in [0.25, 0.3) is 0 Å². The van der Waals surface area contributed by atoms with Gasteiger partial charge >= 0.3 is 0 Å². The Morgan fingerprint density at radius 2 is 2.05 bits per heavy atom. The molecule has 1 aromatic rings. The Morgan fingerprint density at radius 1 is 1.33 bits per heavy atom. The largest absolute Gasteiger partial charge is 0.348 e. The van der Waals surface area contributed by atoms with Crippen molar-refractivity contribution in [3.8, 4) is 0 Å². The number of hydrogen-bond donors (Lipinski definition) is 1. The molecule has 1 N–H and O–H groups in total. The van der Waals surface area contributed by atoms with E-state index in [0.29, 0.717) is 11.8 Å². The van der Waals surface area contributed by atoms with E-state index >= 15 is 0 Å². The summed E-state index contributed by atoms with van der Waals surface area (Å²) >= 11 is 1.89. The lowest BCUT2D eigenvalue weighted by atomic mass is 9.92. The first-order valence-corrected chi connectivity index (χ1v) is 9.27. The van der Waals surface area contributed by atoms with Crippen molar-refractivity contribution in [2.24, 2.45) is 5.92 Å². The number of rotatable bonds is 8. The SMILES string of the molecule is CCC(C)c1nc(N(C)C2CCC2)sc1CNCC(C)C. The zero-order chi connectivity index (χ0) is 15.4. The van der Waals surface area contributed by atoms with Crippen LogP contribution in [0.4, 0.5) is 5.13 Å². The van der Waals surface area contributed by atoms with Crippen LogP contribution in [0.25, 0.3) is 0 Å². The van der Waals surface area contributed by atoms with Crippen molar-refractivity contribution >= 4 is 16.5 Å². The Kier molecular flexibility index (Phi) is 6.06. The lowest BCUT2D eigenvalue weighted by Crippen LogP contribution is -2.37. The quantitative estimate of drug-likeness (QED) is 0.772. The van der Waals surface area contributed by atoms with E-state index in [1.54, 1.807) is 0 Å².